The summed E-state index contributed by atoms with van der Waals surface area (Å²) in [6.07, 6.45) is 1.58. The molecule has 3 rings (SSSR count). The van der Waals surface area contributed by atoms with Gasteiger partial charge < -0.3 is 4.74 Å². The van der Waals surface area contributed by atoms with Gasteiger partial charge in [-0.2, -0.15) is 5.10 Å². The second-order valence-corrected chi connectivity index (χ2v) is 7.82. The second-order valence-electron chi connectivity index (χ2n) is 5.66. The number of nitrogens with zero attached hydrogens (tertiary/aromatic N) is 1. The van der Waals surface area contributed by atoms with Gasteiger partial charge in [0.25, 0.3) is 5.91 Å². The maximum atomic E-state index is 12.1. The summed E-state index contributed by atoms with van der Waals surface area (Å²) in [5.74, 6) is 0.448. The lowest BCUT2D eigenvalue weighted by atomic mass is 10.2. The lowest BCUT2D eigenvalue weighted by Gasteiger charge is -2.09. The minimum absolute atomic E-state index is 0.254. The van der Waals surface area contributed by atoms with Crippen LogP contribution in [0.4, 0.5) is 0 Å². The number of hydrogen-bond donors (Lipinski definition) is 1. The SMILES string of the molecule is O=C(N/N=C\c1ccccc1OCc1ccc(Br)cc1)c1ccc(I)cc1. The highest BCUT2D eigenvalue weighted by Crippen LogP contribution is 2.18. The van der Waals surface area contributed by atoms with Crippen molar-refractivity contribution >= 4 is 50.6 Å². The molecule has 27 heavy (non-hydrogen) atoms. The topological polar surface area (TPSA) is 50.7 Å². The van der Waals surface area contributed by atoms with Crippen LogP contribution in [0.3, 0.4) is 0 Å². The molecule has 6 heteroatoms. The molecule has 0 radical (unpaired) electrons. The van der Waals surface area contributed by atoms with E-state index >= 15 is 0 Å². The molecular formula is C21H16BrIN2O2. The molecule has 4 nitrogen and oxygen atoms in total. The third kappa shape index (κ3) is 5.90. The number of hydrazone groups is 1. The largest absolute Gasteiger partial charge is 0.488 e. The van der Waals surface area contributed by atoms with Gasteiger partial charge in [-0.25, -0.2) is 5.43 Å². The lowest BCUT2D eigenvalue weighted by molar-refractivity contribution is 0.0955. The highest BCUT2D eigenvalue weighted by atomic mass is 127. The van der Waals surface area contributed by atoms with Crippen molar-refractivity contribution in [1.82, 2.24) is 5.43 Å². The van der Waals surface area contributed by atoms with Gasteiger partial charge in [-0.1, -0.05) is 40.2 Å². The summed E-state index contributed by atoms with van der Waals surface area (Å²) >= 11 is 5.62. The van der Waals surface area contributed by atoms with Crippen LogP contribution in [0.25, 0.3) is 0 Å². The van der Waals surface area contributed by atoms with Crippen LogP contribution in [0.2, 0.25) is 0 Å². The molecule has 0 aliphatic carbocycles. The van der Waals surface area contributed by atoms with Gasteiger partial charge in [0.15, 0.2) is 0 Å². The average molecular weight is 535 g/mol. The zero-order valence-corrected chi connectivity index (χ0v) is 18.0. The lowest BCUT2D eigenvalue weighted by Crippen LogP contribution is -2.17. The van der Waals surface area contributed by atoms with Gasteiger partial charge in [0, 0.05) is 19.2 Å². The molecule has 0 aliphatic rings. The van der Waals surface area contributed by atoms with Crippen LogP contribution in [-0.4, -0.2) is 12.1 Å². The van der Waals surface area contributed by atoms with Crippen molar-refractivity contribution in [2.24, 2.45) is 5.10 Å². The summed E-state index contributed by atoms with van der Waals surface area (Å²) in [5.41, 5.74) is 4.96. The summed E-state index contributed by atoms with van der Waals surface area (Å²) in [5, 5.41) is 4.05. The number of halogens is 2. The predicted molar refractivity (Wildman–Crippen MR) is 119 cm³/mol. The molecule has 1 N–H and O–H groups in total. The first-order valence-corrected chi connectivity index (χ1v) is 10.0. The van der Waals surface area contributed by atoms with Crippen molar-refractivity contribution in [2.45, 2.75) is 6.61 Å². The van der Waals surface area contributed by atoms with Gasteiger partial charge in [0.1, 0.15) is 12.4 Å². The van der Waals surface area contributed by atoms with E-state index in [1.807, 2.05) is 60.7 Å². The highest BCUT2D eigenvalue weighted by Gasteiger charge is 2.04. The Morgan fingerprint density at radius 3 is 2.48 bits per heavy atom. The second kappa shape index (κ2) is 9.66. The summed E-state index contributed by atoms with van der Waals surface area (Å²) < 4.78 is 8.00. The van der Waals surface area contributed by atoms with Crippen molar-refractivity contribution in [3.05, 3.63) is 97.5 Å². The molecule has 0 saturated carbocycles. The van der Waals surface area contributed by atoms with Crippen LogP contribution in [0.1, 0.15) is 21.5 Å². The first kappa shape index (κ1) is 19.6. The van der Waals surface area contributed by atoms with Gasteiger partial charge in [0.2, 0.25) is 0 Å². The molecule has 0 unspecified atom stereocenters. The van der Waals surface area contributed by atoms with E-state index in [1.54, 1.807) is 18.3 Å². The number of nitrogens with one attached hydrogen (secondary N) is 1. The maximum absolute atomic E-state index is 12.1. The molecule has 1 amide bonds. The summed E-state index contributed by atoms with van der Waals surface area (Å²) in [4.78, 5) is 12.1. The van der Waals surface area contributed by atoms with Crippen LogP contribution < -0.4 is 10.2 Å². The third-order valence-corrected chi connectivity index (χ3v) is 4.95. The van der Waals surface area contributed by atoms with Gasteiger partial charge >= 0.3 is 0 Å². The van der Waals surface area contributed by atoms with E-state index in [0.717, 1.165) is 19.2 Å². The van der Waals surface area contributed by atoms with Crippen molar-refractivity contribution < 1.29 is 9.53 Å². The standard InChI is InChI=1S/C21H16BrIN2O2/c22-18-9-5-15(6-10-18)14-27-20-4-2-1-3-17(20)13-24-25-21(26)16-7-11-19(23)12-8-16/h1-13H,14H2,(H,25,26)/b24-13-. The number of rotatable bonds is 6. The third-order valence-electron chi connectivity index (χ3n) is 3.70. The number of carbonyl (C=O) groups is 1. The van der Waals surface area contributed by atoms with E-state index in [9.17, 15) is 4.79 Å². The Balaban J connectivity index is 1.62. The summed E-state index contributed by atoms with van der Waals surface area (Å²) in [6.45, 7) is 0.452. The minimum Gasteiger partial charge on any atom is -0.488 e. The molecule has 0 heterocycles. The van der Waals surface area contributed by atoms with E-state index < -0.39 is 0 Å². The number of ether oxygens (including phenoxy) is 1. The Morgan fingerprint density at radius 1 is 1.04 bits per heavy atom. The van der Waals surface area contributed by atoms with Crippen LogP contribution in [0.15, 0.2) is 82.4 Å². The van der Waals surface area contributed by atoms with E-state index in [0.29, 0.717) is 17.9 Å². The molecule has 0 atom stereocenters. The zero-order valence-electron chi connectivity index (χ0n) is 14.2. The monoisotopic (exact) mass is 534 g/mol. The van der Waals surface area contributed by atoms with E-state index in [-0.39, 0.29) is 5.91 Å². The Labute approximate surface area is 179 Å². The van der Waals surface area contributed by atoms with Gasteiger partial charge in [-0.05, 0) is 76.7 Å². The number of amides is 1. The van der Waals surface area contributed by atoms with Crippen molar-refractivity contribution in [2.75, 3.05) is 0 Å². The number of carbonyl (C=O) groups excluding carboxylic acids is 1. The molecular weight excluding hydrogens is 519 g/mol. The molecule has 0 spiro atoms. The minimum atomic E-state index is -0.254. The Bertz CT molecular complexity index is 941. The van der Waals surface area contributed by atoms with Crippen molar-refractivity contribution in [1.29, 1.82) is 0 Å². The van der Waals surface area contributed by atoms with Gasteiger partial charge in [0.05, 0.1) is 6.21 Å². The maximum Gasteiger partial charge on any atom is 0.271 e. The van der Waals surface area contributed by atoms with Gasteiger partial charge in [-0.15, -0.1) is 0 Å². The molecule has 3 aromatic rings. The fourth-order valence-corrected chi connectivity index (χ4v) is 2.91. The first-order valence-electron chi connectivity index (χ1n) is 8.17. The van der Waals surface area contributed by atoms with Crippen LogP contribution in [0.5, 0.6) is 5.75 Å². The molecule has 0 fully saturated rings. The zero-order chi connectivity index (χ0) is 19.1. The Hall–Kier alpha value is -2.19. The quantitative estimate of drug-likeness (QED) is 0.261. The van der Waals surface area contributed by atoms with Gasteiger partial charge in [-0.3, -0.25) is 4.79 Å². The molecule has 0 aliphatic heterocycles. The molecule has 136 valence electrons. The number of para-hydroxylation sites is 1. The summed E-state index contributed by atoms with van der Waals surface area (Å²) in [7, 11) is 0. The Kier molecular flexibility index (Phi) is 7.00. The normalized spacial score (nSPS) is 10.7. The molecule has 0 saturated heterocycles. The average Bonchev–Trinajstić information content (AvgIpc) is 2.69. The fraction of sp³-hybridized carbons (Fsp3) is 0.0476. The first-order chi connectivity index (χ1) is 13.1. The number of hydrogen-bond acceptors (Lipinski definition) is 3. The van der Waals surface area contributed by atoms with Crippen LogP contribution in [-0.2, 0) is 6.61 Å². The number of benzene rings is 3. The Morgan fingerprint density at radius 2 is 1.74 bits per heavy atom. The fourth-order valence-electron chi connectivity index (χ4n) is 2.29. The van der Waals surface area contributed by atoms with Crippen molar-refractivity contribution in [3.63, 3.8) is 0 Å². The molecule has 3 aromatic carbocycles. The van der Waals surface area contributed by atoms with E-state index in [4.69, 9.17) is 4.74 Å². The van der Waals surface area contributed by atoms with E-state index in [1.165, 1.54) is 0 Å². The van der Waals surface area contributed by atoms with Crippen molar-refractivity contribution in [3.8, 4) is 5.75 Å². The smallest absolute Gasteiger partial charge is 0.271 e. The molecule has 0 bridgehead atoms. The van der Waals surface area contributed by atoms with Crippen LogP contribution >= 0.6 is 38.5 Å². The summed E-state index contributed by atoms with van der Waals surface area (Å²) in [6, 6.07) is 22.8. The van der Waals surface area contributed by atoms with E-state index in [2.05, 4.69) is 49.0 Å². The highest BCUT2D eigenvalue weighted by molar-refractivity contribution is 14.1. The predicted octanol–water partition coefficient (Wildman–Crippen LogP) is 5.40. The van der Waals surface area contributed by atoms with Crippen LogP contribution in [0, 0.1) is 3.57 Å². The molecule has 0 aromatic heterocycles.